The van der Waals surface area contributed by atoms with Gasteiger partial charge in [0.15, 0.2) is 0 Å². The highest BCUT2D eigenvalue weighted by molar-refractivity contribution is 5.74. The van der Waals surface area contributed by atoms with Crippen molar-refractivity contribution >= 4 is 6.29 Å². The number of aldehydes is 1. The SMILES string of the molecule is CCCC(CC)Oc1ccccc1COc1ccc(C=O)cc1. The van der Waals surface area contributed by atoms with E-state index in [4.69, 9.17) is 9.47 Å². The van der Waals surface area contributed by atoms with E-state index in [0.29, 0.717) is 12.2 Å². The third kappa shape index (κ3) is 5.13. The van der Waals surface area contributed by atoms with Gasteiger partial charge in [-0.2, -0.15) is 0 Å². The zero-order valence-corrected chi connectivity index (χ0v) is 13.8. The quantitative estimate of drug-likeness (QED) is 0.609. The van der Waals surface area contributed by atoms with Crippen molar-refractivity contribution in [2.24, 2.45) is 0 Å². The largest absolute Gasteiger partial charge is 0.490 e. The van der Waals surface area contributed by atoms with E-state index < -0.39 is 0 Å². The van der Waals surface area contributed by atoms with Crippen LogP contribution >= 0.6 is 0 Å². The molecule has 122 valence electrons. The average molecular weight is 312 g/mol. The Balaban J connectivity index is 2.02. The van der Waals surface area contributed by atoms with Gasteiger partial charge >= 0.3 is 0 Å². The first-order chi connectivity index (χ1) is 11.3. The summed E-state index contributed by atoms with van der Waals surface area (Å²) >= 11 is 0. The molecule has 3 nitrogen and oxygen atoms in total. The molecule has 0 aliphatic rings. The summed E-state index contributed by atoms with van der Waals surface area (Å²) in [7, 11) is 0. The van der Waals surface area contributed by atoms with Crippen LogP contribution in [-0.2, 0) is 6.61 Å². The van der Waals surface area contributed by atoms with Crippen LogP contribution < -0.4 is 9.47 Å². The summed E-state index contributed by atoms with van der Waals surface area (Å²) in [6, 6.07) is 15.1. The molecule has 0 saturated carbocycles. The Hall–Kier alpha value is -2.29. The Morgan fingerprint density at radius 1 is 1.04 bits per heavy atom. The minimum atomic E-state index is 0.244. The van der Waals surface area contributed by atoms with Crippen LogP contribution in [0.1, 0.15) is 49.0 Å². The van der Waals surface area contributed by atoms with Crippen LogP contribution in [0.15, 0.2) is 48.5 Å². The van der Waals surface area contributed by atoms with Crippen LogP contribution in [-0.4, -0.2) is 12.4 Å². The third-order valence-electron chi connectivity index (χ3n) is 3.74. The van der Waals surface area contributed by atoms with Gasteiger partial charge in [-0.1, -0.05) is 38.5 Å². The van der Waals surface area contributed by atoms with E-state index in [1.807, 2.05) is 24.3 Å². The lowest BCUT2D eigenvalue weighted by molar-refractivity contribution is 0.112. The number of carbonyl (C=O) groups excluding carboxylic acids is 1. The molecule has 2 aromatic carbocycles. The van der Waals surface area contributed by atoms with Crippen LogP contribution in [0.4, 0.5) is 0 Å². The lowest BCUT2D eigenvalue weighted by Gasteiger charge is -2.19. The summed E-state index contributed by atoms with van der Waals surface area (Å²) in [6.45, 7) is 4.76. The molecule has 0 bridgehead atoms. The molecule has 23 heavy (non-hydrogen) atoms. The molecule has 0 fully saturated rings. The number of carbonyl (C=O) groups is 1. The second kappa shape index (κ2) is 8.99. The van der Waals surface area contributed by atoms with Gasteiger partial charge in [0.25, 0.3) is 0 Å². The maximum atomic E-state index is 10.7. The first-order valence-electron chi connectivity index (χ1n) is 8.19. The summed E-state index contributed by atoms with van der Waals surface area (Å²) in [4.78, 5) is 10.7. The molecule has 0 spiro atoms. The average Bonchev–Trinajstić information content (AvgIpc) is 2.61. The van der Waals surface area contributed by atoms with Gasteiger partial charge in [0.2, 0.25) is 0 Å². The van der Waals surface area contributed by atoms with Gasteiger partial charge < -0.3 is 9.47 Å². The van der Waals surface area contributed by atoms with Gasteiger partial charge in [-0.3, -0.25) is 4.79 Å². The Morgan fingerprint density at radius 3 is 2.43 bits per heavy atom. The van der Waals surface area contributed by atoms with Gasteiger partial charge in [0, 0.05) is 11.1 Å². The standard InChI is InChI=1S/C20H24O3/c1-3-7-18(4-2)23-20-9-6-5-8-17(20)15-22-19-12-10-16(14-21)11-13-19/h5-6,8-14,18H,3-4,7,15H2,1-2H3. The Morgan fingerprint density at radius 2 is 1.78 bits per heavy atom. The van der Waals surface area contributed by atoms with E-state index in [0.717, 1.165) is 42.6 Å². The monoisotopic (exact) mass is 312 g/mol. The number of hydrogen-bond donors (Lipinski definition) is 0. The van der Waals surface area contributed by atoms with Gasteiger partial charge in [-0.05, 0) is 43.2 Å². The van der Waals surface area contributed by atoms with Gasteiger partial charge in [-0.25, -0.2) is 0 Å². The van der Waals surface area contributed by atoms with E-state index in [2.05, 4.69) is 13.8 Å². The molecule has 0 aromatic heterocycles. The Bertz CT molecular complexity index is 605. The van der Waals surface area contributed by atoms with Crippen molar-refractivity contribution in [1.29, 1.82) is 0 Å². The zero-order chi connectivity index (χ0) is 16.5. The van der Waals surface area contributed by atoms with Crippen molar-refractivity contribution in [3.63, 3.8) is 0 Å². The highest BCUT2D eigenvalue weighted by Crippen LogP contribution is 2.23. The van der Waals surface area contributed by atoms with Crippen LogP contribution in [0.2, 0.25) is 0 Å². The highest BCUT2D eigenvalue weighted by Gasteiger charge is 2.10. The van der Waals surface area contributed by atoms with E-state index in [1.165, 1.54) is 0 Å². The van der Waals surface area contributed by atoms with E-state index in [1.54, 1.807) is 24.3 Å². The van der Waals surface area contributed by atoms with Crippen molar-refractivity contribution in [2.75, 3.05) is 0 Å². The molecule has 0 aliphatic heterocycles. The summed E-state index contributed by atoms with van der Waals surface area (Å²) in [6.07, 6.45) is 4.23. The summed E-state index contributed by atoms with van der Waals surface area (Å²) in [5.41, 5.74) is 1.67. The number of para-hydroxylation sites is 1. The van der Waals surface area contributed by atoms with Crippen molar-refractivity contribution in [3.8, 4) is 11.5 Å². The minimum absolute atomic E-state index is 0.244. The second-order valence-corrected chi connectivity index (χ2v) is 5.52. The topological polar surface area (TPSA) is 35.5 Å². The smallest absolute Gasteiger partial charge is 0.150 e. The zero-order valence-electron chi connectivity index (χ0n) is 13.8. The molecular formula is C20H24O3. The van der Waals surface area contributed by atoms with Crippen molar-refractivity contribution in [3.05, 3.63) is 59.7 Å². The Labute approximate surface area is 138 Å². The predicted molar refractivity (Wildman–Crippen MR) is 92.2 cm³/mol. The van der Waals surface area contributed by atoms with Crippen LogP contribution in [0.5, 0.6) is 11.5 Å². The summed E-state index contributed by atoms with van der Waals surface area (Å²) < 4.78 is 11.9. The van der Waals surface area contributed by atoms with E-state index >= 15 is 0 Å². The molecule has 0 radical (unpaired) electrons. The first kappa shape index (κ1) is 17.1. The number of hydrogen-bond acceptors (Lipinski definition) is 3. The molecule has 0 saturated heterocycles. The summed E-state index contributed by atoms with van der Waals surface area (Å²) in [5, 5.41) is 0. The molecule has 2 rings (SSSR count). The maximum Gasteiger partial charge on any atom is 0.150 e. The normalized spacial score (nSPS) is 11.7. The van der Waals surface area contributed by atoms with Crippen molar-refractivity contribution < 1.29 is 14.3 Å². The molecule has 2 aromatic rings. The maximum absolute atomic E-state index is 10.7. The Kier molecular flexibility index (Phi) is 6.67. The van der Waals surface area contributed by atoms with Crippen molar-refractivity contribution in [2.45, 2.75) is 45.8 Å². The minimum Gasteiger partial charge on any atom is -0.490 e. The fraction of sp³-hybridized carbons (Fsp3) is 0.350. The molecule has 0 amide bonds. The predicted octanol–water partition coefficient (Wildman–Crippen LogP) is 5.04. The third-order valence-corrected chi connectivity index (χ3v) is 3.74. The molecule has 3 heteroatoms. The molecule has 1 atom stereocenters. The molecule has 1 unspecified atom stereocenters. The number of benzene rings is 2. The van der Waals surface area contributed by atoms with Crippen LogP contribution in [0, 0.1) is 0 Å². The number of rotatable bonds is 9. The fourth-order valence-electron chi connectivity index (χ4n) is 2.39. The molecule has 0 aliphatic carbocycles. The van der Waals surface area contributed by atoms with E-state index in [9.17, 15) is 4.79 Å². The van der Waals surface area contributed by atoms with Gasteiger partial charge in [-0.15, -0.1) is 0 Å². The fourth-order valence-corrected chi connectivity index (χ4v) is 2.39. The summed E-state index contributed by atoms with van der Waals surface area (Å²) in [5.74, 6) is 1.63. The molecule has 0 heterocycles. The van der Waals surface area contributed by atoms with Crippen LogP contribution in [0.3, 0.4) is 0 Å². The van der Waals surface area contributed by atoms with Crippen molar-refractivity contribution in [1.82, 2.24) is 0 Å². The van der Waals surface area contributed by atoms with E-state index in [-0.39, 0.29) is 6.10 Å². The second-order valence-electron chi connectivity index (χ2n) is 5.52. The van der Waals surface area contributed by atoms with Gasteiger partial charge in [0.1, 0.15) is 24.4 Å². The first-order valence-corrected chi connectivity index (χ1v) is 8.19. The number of ether oxygens (including phenoxy) is 2. The van der Waals surface area contributed by atoms with Crippen LogP contribution in [0.25, 0.3) is 0 Å². The highest BCUT2D eigenvalue weighted by atomic mass is 16.5. The molecule has 0 N–H and O–H groups in total. The lowest BCUT2D eigenvalue weighted by atomic mass is 10.1. The molecular weight excluding hydrogens is 288 g/mol. The van der Waals surface area contributed by atoms with Gasteiger partial charge in [0.05, 0.1) is 6.10 Å². The lowest BCUT2D eigenvalue weighted by Crippen LogP contribution is -2.16.